The molecule has 23 heavy (non-hydrogen) atoms. The summed E-state index contributed by atoms with van der Waals surface area (Å²) < 4.78 is 5.62. The van der Waals surface area contributed by atoms with Crippen LogP contribution in [0.4, 0.5) is 4.79 Å². The number of para-hydroxylation sites is 1. The van der Waals surface area contributed by atoms with Crippen molar-refractivity contribution in [2.24, 2.45) is 0 Å². The van der Waals surface area contributed by atoms with Crippen molar-refractivity contribution in [1.82, 2.24) is 15.5 Å². The minimum Gasteiger partial charge on any atom is -0.494 e. The Bertz CT molecular complexity index is 517. The minimum absolute atomic E-state index is 0.242. The van der Waals surface area contributed by atoms with E-state index in [0.29, 0.717) is 13.2 Å². The minimum atomic E-state index is -0.398. The van der Waals surface area contributed by atoms with Crippen molar-refractivity contribution >= 4 is 11.9 Å². The lowest BCUT2D eigenvalue weighted by Crippen LogP contribution is -2.49. The third-order valence-corrected chi connectivity index (χ3v) is 3.86. The molecule has 2 rings (SSSR count). The van der Waals surface area contributed by atoms with Crippen LogP contribution >= 0.6 is 0 Å². The maximum absolute atomic E-state index is 12.0. The number of carbonyl (C=O) groups is 2. The van der Waals surface area contributed by atoms with Crippen LogP contribution in [0.25, 0.3) is 0 Å². The first kappa shape index (κ1) is 17.3. The van der Waals surface area contributed by atoms with Gasteiger partial charge in [-0.15, -0.1) is 0 Å². The number of imide groups is 1. The van der Waals surface area contributed by atoms with Crippen LogP contribution in [-0.4, -0.2) is 49.1 Å². The molecular formula is C17H25N3O3. The van der Waals surface area contributed by atoms with Crippen LogP contribution in [0.2, 0.25) is 0 Å². The molecule has 6 heteroatoms. The van der Waals surface area contributed by atoms with Gasteiger partial charge in [-0.05, 0) is 45.4 Å². The van der Waals surface area contributed by atoms with Crippen molar-refractivity contribution in [3.05, 3.63) is 30.3 Å². The summed E-state index contributed by atoms with van der Waals surface area (Å²) in [6, 6.07) is 9.12. The third kappa shape index (κ3) is 6.28. The van der Waals surface area contributed by atoms with E-state index in [-0.39, 0.29) is 18.0 Å². The Morgan fingerprint density at radius 2 is 2.00 bits per heavy atom. The van der Waals surface area contributed by atoms with Gasteiger partial charge in [0.2, 0.25) is 5.91 Å². The highest BCUT2D eigenvalue weighted by Crippen LogP contribution is 2.18. The van der Waals surface area contributed by atoms with Gasteiger partial charge in [0.25, 0.3) is 0 Å². The largest absolute Gasteiger partial charge is 0.494 e. The Hall–Kier alpha value is -2.08. The van der Waals surface area contributed by atoms with Gasteiger partial charge >= 0.3 is 6.03 Å². The molecule has 6 nitrogen and oxygen atoms in total. The zero-order valence-corrected chi connectivity index (χ0v) is 13.7. The van der Waals surface area contributed by atoms with E-state index in [0.717, 1.165) is 25.0 Å². The van der Waals surface area contributed by atoms with Gasteiger partial charge in [0.15, 0.2) is 0 Å². The highest BCUT2D eigenvalue weighted by molar-refractivity contribution is 5.96. The molecule has 1 fully saturated rings. The lowest BCUT2D eigenvalue weighted by Gasteiger charge is -2.23. The van der Waals surface area contributed by atoms with Crippen molar-refractivity contribution in [3.63, 3.8) is 0 Å². The second kappa shape index (κ2) is 8.53. The van der Waals surface area contributed by atoms with Gasteiger partial charge in [-0.3, -0.25) is 15.0 Å². The fraction of sp³-hybridized carbons (Fsp3) is 0.529. The number of amides is 3. The molecule has 1 saturated carbocycles. The van der Waals surface area contributed by atoms with Crippen LogP contribution < -0.4 is 15.4 Å². The number of nitrogens with zero attached hydrogens (tertiary/aromatic N) is 1. The summed E-state index contributed by atoms with van der Waals surface area (Å²) in [5, 5.41) is 5.13. The third-order valence-electron chi connectivity index (χ3n) is 3.86. The SMILES string of the molecule is C[C@H](C(=O)NC(=O)NC1CC1)N(C)CCCOc1ccccc1. The number of rotatable bonds is 8. The van der Waals surface area contributed by atoms with E-state index in [1.807, 2.05) is 42.3 Å². The highest BCUT2D eigenvalue weighted by atomic mass is 16.5. The summed E-state index contributed by atoms with van der Waals surface area (Å²) >= 11 is 0. The molecule has 2 N–H and O–H groups in total. The summed E-state index contributed by atoms with van der Waals surface area (Å²) in [5.41, 5.74) is 0. The maximum atomic E-state index is 12.0. The Kier molecular flexibility index (Phi) is 6.40. The molecule has 0 saturated heterocycles. The molecule has 0 spiro atoms. The predicted octanol–water partition coefficient (Wildman–Crippen LogP) is 1.76. The van der Waals surface area contributed by atoms with Gasteiger partial charge in [-0.25, -0.2) is 4.79 Å². The molecule has 3 amide bonds. The van der Waals surface area contributed by atoms with Crippen LogP contribution in [0.3, 0.4) is 0 Å². The maximum Gasteiger partial charge on any atom is 0.321 e. The van der Waals surface area contributed by atoms with Crippen LogP contribution in [0.1, 0.15) is 26.2 Å². The predicted molar refractivity (Wildman–Crippen MR) is 88.3 cm³/mol. The Balaban J connectivity index is 1.62. The van der Waals surface area contributed by atoms with Crippen LogP contribution in [-0.2, 0) is 4.79 Å². The lowest BCUT2D eigenvalue weighted by atomic mass is 10.2. The molecule has 1 atom stereocenters. The second-order valence-electron chi connectivity index (χ2n) is 5.91. The number of carbonyl (C=O) groups excluding carboxylic acids is 2. The zero-order valence-electron chi connectivity index (χ0n) is 13.7. The molecule has 0 aromatic heterocycles. The molecule has 0 aliphatic heterocycles. The number of likely N-dealkylation sites (N-methyl/N-ethyl adjacent to an activating group) is 1. The zero-order chi connectivity index (χ0) is 16.7. The van der Waals surface area contributed by atoms with Gasteiger partial charge < -0.3 is 10.1 Å². The molecule has 0 bridgehead atoms. The van der Waals surface area contributed by atoms with Gasteiger partial charge in [0.1, 0.15) is 5.75 Å². The normalized spacial score (nSPS) is 15.1. The molecule has 1 aromatic carbocycles. The smallest absolute Gasteiger partial charge is 0.321 e. The van der Waals surface area contributed by atoms with E-state index < -0.39 is 6.03 Å². The molecule has 126 valence electrons. The summed E-state index contributed by atoms with van der Waals surface area (Å²) in [6.07, 6.45) is 2.80. The average Bonchev–Trinajstić information content (AvgIpc) is 3.35. The first-order chi connectivity index (χ1) is 11.1. The first-order valence-electron chi connectivity index (χ1n) is 8.05. The van der Waals surface area contributed by atoms with Crippen molar-refractivity contribution < 1.29 is 14.3 Å². The summed E-state index contributed by atoms with van der Waals surface area (Å²) in [5.74, 6) is 0.562. The molecule has 1 aliphatic rings. The topological polar surface area (TPSA) is 70.7 Å². The molecule has 0 unspecified atom stereocenters. The average molecular weight is 319 g/mol. The number of hydrogen-bond acceptors (Lipinski definition) is 4. The second-order valence-corrected chi connectivity index (χ2v) is 5.91. The number of urea groups is 1. The van der Waals surface area contributed by atoms with E-state index in [2.05, 4.69) is 10.6 Å². The van der Waals surface area contributed by atoms with Gasteiger partial charge in [-0.2, -0.15) is 0 Å². The van der Waals surface area contributed by atoms with E-state index in [9.17, 15) is 9.59 Å². The fourth-order valence-electron chi connectivity index (χ4n) is 2.08. The monoisotopic (exact) mass is 319 g/mol. The van der Waals surface area contributed by atoms with E-state index >= 15 is 0 Å². The van der Waals surface area contributed by atoms with Crippen molar-refractivity contribution in [1.29, 1.82) is 0 Å². The quantitative estimate of drug-likeness (QED) is 0.716. The summed E-state index contributed by atoms with van der Waals surface area (Å²) in [7, 11) is 1.87. The first-order valence-corrected chi connectivity index (χ1v) is 8.05. The Morgan fingerprint density at radius 1 is 1.30 bits per heavy atom. The number of benzene rings is 1. The van der Waals surface area contributed by atoms with Crippen LogP contribution in [0.15, 0.2) is 30.3 Å². The van der Waals surface area contributed by atoms with Crippen molar-refractivity contribution in [2.45, 2.75) is 38.3 Å². The summed E-state index contributed by atoms with van der Waals surface area (Å²) in [6.45, 7) is 3.09. The molecule has 1 aliphatic carbocycles. The van der Waals surface area contributed by atoms with Gasteiger partial charge in [0, 0.05) is 12.6 Å². The highest BCUT2D eigenvalue weighted by Gasteiger charge is 2.25. The van der Waals surface area contributed by atoms with Crippen LogP contribution in [0.5, 0.6) is 5.75 Å². The molecule has 1 aromatic rings. The fourth-order valence-corrected chi connectivity index (χ4v) is 2.08. The number of hydrogen-bond donors (Lipinski definition) is 2. The van der Waals surface area contributed by atoms with E-state index in [4.69, 9.17) is 4.74 Å². The van der Waals surface area contributed by atoms with Gasteiger partial charge in [-0.1, -0.05) is 18.2 Å². The standard InChI is InChI=1S/C17H25N3O3/c1-13(16(21)19-17(22)18-14-9-10-14)20(2)11-6-12-23-15-7-4-3-5-8-15/h3-5,7-8,13-14H,6,9-12H2,1-2H3,(H2,18,19,21,22)/t13-/m1/s1. The van der Waals surface area contributed by atoms with Crippen LogP contribution in [0, 0.1) is 0 Å². The van der Waals surface area contributed by atoms with E-state index in [1.54, 1.807) is 6.92 Å². The Labute approximate surface area is 137 Å². The van der Waals surface area contributed by atoms with Crippen molar-refractivity contribution in [3.8, 4) is 5.75 Å². The summed E-state index contributed by atoms with van der Waals surface area (Å²) in [4.78, 5) is 25.5. The molecule has 0 radical (unpaired) electrons. The number of ether oxygens (including phenoxy) is 1. The lowest BCUT2D eigenvalue weighted by molar-refractivity contribution is -0.124. The van der Waals surface area contributed by atoms with E-state index in [1.165, 1.54) is 0 Å². The molecular weight excluding hydrogens is 294 g/mol. The van der Waals surface area contributed by atoms with Crippen molar-refractivity contribution in [2.75, 3.05) is 20.2 Å². The Morgan fingerprint density at radius 3 is 2.65 bits per heavy atom. The number of nitrogens with one attached hydrogen (secondary N) is 2. The van der Waals surface area contributed by atoms with Gasteiger partial charge in [0.05, 0.1) is 12.6 Å². The molecule has 0 heterocycles.